The van der Waals surface area contributed by atoms with Crippen molar-refractivity contribution in [2.45, 2.75) is 64.5 Å². The number of aromatic nitrogens is 1. The van der Waals surface area contributed by atoms with Gasteiger partial charge in [0.05, 0.1) is 5.69 Å². The first kappa shape index (κ1) is 20.0. The summed E-state index contributed by atoms with van der Waals surface area (Å²) in [7, 11) is 2.11. The number of amides is 1. The van der Waals surface area contributed by atoms with Crippen LogP contribution in [0.2, 0.25) is 0 Å². The molecule has 2 N–H and O–H groups in total. The van der Waals surface area contributed by atoms with E-state index in [0.717, 1.165) is 48.1 Å². The van der Waals surface area contributed by atoms with Gasteiger partial charge in [-0.25, -0.2) is 4.98 Å². The van der Waals surface area contributed by atoms with Gasteiger partial charge in [0.25, 0.3) is 5.91 Å². The number of nitrogens with one attached hydrogen (secondary N) is 2. The van der Waals surface area contributed by atoms with E-state index >= 15 is 0 Å². The summed E-state index contributed by atoms with van der Waals surface area (Å²) in [6.45, 7) is 4.07. The lowest BCUT2D eigenvalue weighted by molar-refractivity contribution is -0.122. The van der Waals surface area contributed by atoms with Crippen LogP contribution >= 0.6 is 11.3 Å². The molecule has 4 saturated carbocycles. The molecule has 0 spiro atoms. The molecule has 1 aromatic rings. The van der Waals surface area contributed by atoms with Crippen molar-refractivity contribution in [3.05, 3.63) is 22.3 Å². The highest BCUT2D eigenvalue weighted by Gasteiger charge is 2.53. The minimum Gasteiger partial charge on any atom is -0.348 e. The predicted molar refractivity (Wildman–Crippen MR) is 118 cm³/mol. The van der Waals surface area contributed by atoms with Crippen molar-refractivity contribution in [2.24, 2.45) is 23.2 Å². The minimum atomic E-state index is -0.269. The van der Waals surface area contributed by atoms with E-state index in [0.29, 0.717) is 0 Å². The summed E-state index contributed by atoms with van der Waals surface area (Å²) in [5.41, 5.74) is 1.49. The second kappa shape index (κ2) is 7.65. The Hall–Kier alpha value is -1.91. The Morgan fingerprint density at radius 3 is 2.60 bits per heavy atom. The van der Waals surface area contributed by atoms with Crippen LogP contribution in [0.3, 0.4) is 0 Å². The molecular weight excluding hydrogens is 394 g/mol. The Balaban J connectivity index is 1.24. The summed E-state index contributed by atoms with van der Waals surface area (Å²) in [5, 5.41) is 16.6. The topological polar surface area (TPSA) is 81.0 Å². The molecule has 30 heavy (non-hydrogen) atoms. The van der Waals surface area contributed by atoms with Crippen LogP contribution in [-0.2, 0) is 17.8 Å². The summed E-state index contributed by atoms with van der Waals surface area (Å²) >= 11 is 1.61. The van der Waals surface area contributed by atoms with E-state index in [1.807, 2.05) is 0 Å². The first-order valence-corrected chi connectivity index (χ1v) is 12.1. The van der Waals surface area contributed by atoms with Gasteiger partial charge in [-0.15, -0.1) is 11.3 Å². The fourth-order valence-corrected chi connectivity index (χ4v) is 7.86. The molecule has 5 aliphatic rings. The number of fused-ring (bicyclic) bond motifs is 1. The van der Waals surface area contributed by atoms with Gasteiger partial charge in [-0.05, 0) is 75.7 Å². The fraction of sp³-hybridized carbons (Fsp3) is 0.696. The van der Waals surface area contributed by atoms with Crippen LogP contribution in [0.25, 0.3) is 0 Å². The first-order valence-electron chi connectivity index (χ1n) is 11.3. The number of carbonyl (C=O) groups excluding carboxylic acids is 1. The average molecular weight is 426 g/mol. The van der Waals surface area contributed by atoms with Crippen LogP contribution < -0.4 is 10.6 Å². The zero-order valence-electron chi connectivity index (χ0n) is 17.9. The molecule has 0 aromatic carbocycles. The van der Waals surface area contributed by atoms with Gasteiger partial charge in [-0.2, -0.15) is 5.26 Å². The molecule has 1 unspecified atom stereocenters. The van der Waals surface area contributed by atoms with Gasteiger partial charge in [-0.1, -0.05) is 0 Å². The lowest BCUT2D eigenvalue weighted by atomic mass is 9.48. The van der Waals surface area contributed by atoms with Gasteiger partial charge >= 0.3 is 0 Å². The SMILES string of the molecule is CC(NC(=O)/C(C#N)=C\Nc1nc2c(s1)CN(C)CC2)C12CC3CC(CC(C3)C1)C2. The zero-order valence-corrected chi connectivity index (χ0v) is 18.7. The van der Waals surface area contributed by atoms with Gasteiger partial charge in [0, 0.05) is 36.6 Å². The van der Waals surface area contributed by atoms with Crippen molar-refractivity contribution in [1.82, 2.24) is 15.2 Å². The van der Waals surface area contributed by atoms with E-state index in [9.17, 15) is 10.1 Å². The number of rotatable bonds is 5. The van der Waals surface area contributed by atoms with Gasteiger partial charge in [0.15, 0.2) is 5.13 Å². The minimum absolute atomic E-state index is 0.109. The van der Waals surface area contributed by atoms with Crippen molar-refractivity contribution in [2.75, 3.05) is 18.9 Å². The molecule has 1 aromatic heterocycles. The molecule has 1 amide bonds. The maximum absolute atomic E-state index is 12.9. The molecule has 4 bridgehead atoms. The van der Waals surface area contributed by atoms with Crippen LogP contribution in [0.15, 0.2) is 11.8 Å². The highest BCUT2D eigenvalue weighted by atomic mass is 32.1. The Kier molecular flexibility index (Phi) is 5.11. The Bertz CT molecular complexity index is 878. The summed E-state index contributed by atoms with van der Waals surface area (Å²) in [6, 6.07) is 2.18. The quantitative estimate of drug-likeness (QED) is 0.556. The molecular formula is C23H31N5OS. The van der Waals surface area contributed by atoms with Crippen molar-refractivity contribution in [3.63, 3.8) is 0 Å². The molecule has 4 aliphatic carbocycles. The number of nitriles is 1. The van der Waals surface area contributed by atoms with Gasteiger partial charge in [0.2, 0.25) is 0 Å². The first-order chi connectivity index (χ1) is 14.4. The third-order valence-electron chi connectivity index (χ3n) is 7.98. The highest BCUT2D eigenvalue weighted by molar-refractivity contribution is 7.15. The van der Waals surface area contributed by atoms with Crippen LogP contribution in [0.4, 0.5) is 5.13 Å². The number of thiazole rings is 1. The van der Waals surface area contributed by atoms with E-state index < -0.39 is 0 Å². The van der Waals surface area contributed by atoms with Crippen molar-refractivity contribution >= 4 is 22.4 Å². The van der Waals surface area contributed by atoms with Crippen molar-refractivity contribution in [3.8, 4) is 6.07 Å². The second-order valence-electron chi connectivity index (χ2n) is 10.2. The summed E-state index contributed by atoms with van der Waals surface area (Å²) in [5.74, 6) is 2.27. The summed E-state index contributed by atoms with van der Waals surface area (Å²) in [4.78, 5) is 21.0. The fourth-order valence-electron chi connectivity index (χ4n) is 6.80. The summed E-state index contributed by atoms with van der Waals surface area (Å²) in [6.07, 6.45) is 10.4. The van der Waals surface area contributed by atoms with Crippen LogP contribution in [0, 0.1) is 34.5 Å². The second-order valence-corrected chi connectivity index (χ2v) is 11.2. The molecule has 6 rings (SSSR count). The lowest BCUT2D eigenvalue weighted by Crippen LogP contribution is -2.56. The van der Waals surface area contributed by atoms with E-state index in [4.69, 9.17) is 0 Å². The van der Waals surface area contributed by atoms with E-state index in [1.54, 1.807) is 11.3 Å². The summed E-state index contributed by atoms with van der Waals surface area (Å²) < 4.78 is 0. The monoisotopic (exact) mass is 425 g/mol. The highest BCUT2D eigenvalue weighted by Crippen LogP contribution is 2.61. The third-order valence-corrected chi connectivity index (χ3v) is 8.99. The molecule has 1 atom stereocenters. The number of nitrogens with zero attached hydrogens (tertiary/aromatic N) is 3. The predicted octanol–water partition coefficient (Wildman–Crippen LogP) is 3.67. The number of anilines is 1. The third kappa shape index (κ3) is 3.65. The molecule has 2 heterocycles. The van der Waals surface area contributed by atoms with Gasteiger partial charge in [0.1, 0.15) is 11.6 Å². The molecule has 0 radical (unpaired) electrons. The number of hydrogen-bond acceptors (Lipinski definition) is 6. The zero-order chi connectivity index (χ0) is 20.9. The van der Waals surface area contributed by atoms with Crippen LogP contribution in [-0.4, -0.2) is 35.4 Å². The Morgan fingerprint density at radius 1 is 1.30 bits per heavy atom. The molecule has 6 nitrogen and oxygen atoms in total. The van der Waals surface area contributed by atoms with Crippen LogP contribution in [0.1, 0.15) is 56.0 Å². The number of likely N-dealkylation sites (N-methyl/N-ethyl adjacent to an activating group) is 1. The van der Waals surface area contributed by atoms with Crippen LogP contribution in [0.5, 0.6) is 0 Å². The normalized spacial score (nSPS) is 33.6. The number of hydrogen-bond donors (Lipinski definition) is 2. The average Bonchev–Trinajstić information content (AvgIpc) is 3.09. The van der Waals surface area contributed by atoms with Gasteiger partial charge in [-0.3, -0.25) is 4.79 Å². The largest absolute Gasteiger partial charge is 0.348 e. The lowest BCUT2D eigenvalue weighted by Gasteiger charge is -2.59. The van der Waals surface area contributed by atoms with Gasteiger partial charge < -0.3 is 15.5 Å². The van der Waals surface area contributed by atoms with Crippen molar-refractivity contribution in [1.29, 1.82) is 5.26 Å². The standard InChI is InChI=1S/C23H31N5OS/c1-14(23-8-15-5-16(9-23)7-17(6-15)10-23)26-21(29)18(11-24)12-25-22-27-19-3-4-28(2)13-20(19)30-22/h12,14-17H,3-10,13H2,1-2H3,(H,25,27)(H,26,29)/b18-12-. The van der Waals surface area contributed by atoms with Crippen molar-refractivity contribution < 1.29 is 4.79 Å². The molecule has 7 heteroatoms. The smallest absolute Gasteiger partial charge is 0.263 e. The molecule has 1 aliphatic heterocycles. The maximum Gasteiger partial charge on any atom is 0.263 e. The van der Waals surface area contributed by atoms with E-state index in [-0.39, 0.29) is 22.9 Å². The molecule has 0 saturated heterocycles. The maximum atomic E-state index is 12.9. The Labute approximate surface area is 182 Å². The Morgan fingerprint density at radius 2 is 1.97 bits per heavy atom. The number of carbonyl (C=O) groups is 1. The molecule has 160 valence electrons. The van der Waals surface area contributed by atoms with E-state index in [1.165, 1.54) is 49.6 Å². The van der Waals surface area contributed by atoms with E-state index in [2.05, 4.69) is 40.6 Å². The molecule has 4 fully saturated rings.